The Hall–Kier alpha value is -1.39. The summed E-state index contributed by atoms with van der Waals surface area (Å²) in [5.41, 5.74) is 2.05. The maximum atomic E-state index is 12.7. The highest BCUT2D eigenvalue weighted by Gasteiger charge is 2.73. The number of carbonyl (C=O) groups is 1. The molecule has 0 amide bonds. The summed E-state index contributed by atoms with van der Waals surface area (Å²) in [5, 5.41) is 0. The molecule has 4 heteroatoms. The van der Waals surface area contributed by atoms with E-state index in [0.717, 1.165) is 31.6 Å². The van der Waals surface area contributed by atoms with Crippen LogP contribution in [-0.4, -0.2) is 49.1 Å². The van der Waals surface area contributed by atoms with Gasteiger partial charge in [0, 0.05) is 25.1 Å². The molecule has 1 aromatic carbocycles. The van der Waals surface area contributed by atoms with Crippen molar-refractivity contribution in [1.29, 1.82) is 0 Å². The second-order valence-electron chi connectivity index (χ2n) is 7.27. The molecule has 0 radical (unpaired) electrons. The first-order valence-corrected chi connectivity index (χ1v) is 8.21. The van der Waals surface area contributed by atoms with E-state index >= 15 is 0 Å². The van der Waals surface area contributed by atoms with Gasteiger partial charge in [-0.1, -0.05) is 12.1 Å². The van der Waals surface area contributed by atoms with E-state index in [0.29, 0.717) is 12.5 Å². The summed E-state index contributed by atoms with van der Waals surface area (Å²) < 4.78 is 12.5. The van der Waals surface area contributed by atoms with Crippen molar-refractivity contribution < 1.29 is 14.3 Å². The number of likely N-dealkylation sites (N-methyl/N-ethyl adjacent to an activating group) is 1. The highest BCUT2D eigenvalue weighted by Crippen LogP contribution is 2.64. The van der Waals surface area contributed by atoms with Crippen molar-refractivity contribution in [2.75, 3.05) is 20.7 Å². The van der Waals surface area contributed by atoms with Crippen molar-refractivity contribution in [1.82, 2.24) is 4.90 Å². The van der Waals surface area contributed by atoms with Gasteiger partial charge in [0.25, 0.3) is 0 Å². The predicted octanol–water partition coefficient (Wildman–Crippen LogP) is 1.69. The van der Waals surface area contributed by atoms with Gasteiger partial charge in [-0.3, -0.25) is 4.79 Å². The fraction of sp³-hybridized carbons (Fsp3) is 0.611. The Bertz CT molecular complexity index is 687. The lowest BCUT2D eigenvalue weighted by Gasteiger charge is -2.63. The number of benzene rings is 1. The highest BCUT2D eigenvalue weighted by molar-refractivity contribution is 5.89. The average molecular weight is 299 g/mol. The average Bonchev–Trinajstić information content (AvgIpc) is 2.88. The van der Waals surface area contributed by atoms with Gasteiger partial charge in [0.2, 0.25) is 0 Å². The third-order valence-electron chi connectivity index (χ3n) is 6.75. The van der Waals surface area contributed by atoms with E-state index in [4.69, 9.17) is 9.47 Å². The number of hydrogen-bond donors (Lipinski definition) is 0. The van der Waals surface area contributed by atoms with Crippen LogP contribution >= 0.6 is 0 Å². The number of methoxy groups -OCH3 is 1. The molecule has 1 saturated carbocycles. The van der Waals surface area contributed by atoms with Gasteiger partial charge in [-0.2, -0.15) is 0 Å². The van der Waals surface area contributed by atoms with Gasteiger partial charge in [0.15, 0.2) is 11.9 Å². The summed E-state index contributed by atoms with van der Waals surface area (Å²) in [6, 6.07) is 6.61. The monoisotopic (exact) mass is 299 g/mol. The largest absolute Gasteiger partial charge is 0.481 e. The quantitative estimate of drug-likeness (QED) is 0.791. The molecule has 2 aliphatic carbocycles. The summed E-state index contributed by atoms with van der Waals surface area (Å²) in [6.45, 7) is 0.997. The molecule has 2 fully saturated rings. The van der Waals surface area contributed by atoms with Gasteiger partial charge >= 0.3 is 0 Å². The van der Waals surface area contributed by atoms with E-state index in [1.54, 1.807) is 0 Å². The summed E-state index contributed by atoms with van der Waals surface area (Å²) in [7, 11) is 4.01. The van der Waals surface area contributed by atoms with Crippen LogP contribution in [0.1, 0.15) is 30.4 Å². The third-order valence-corrected chi connectivity index (χ3v) is 6.75. The predicted molar refractivity (Wildman–Crippen MR) is 81.3 cm³/mol. The summed E-state index contributed by atoms with van der Waals surface area (Å²) in [4.78, 5) is 15.1. The second-order valence-corrected chi connectivity index (χ2v) is 7.27. The minimum absolute atomic E-state index is 0.250. The van der Waals surface area contributed by atoms with Crippen molar-refractivity contribution in [3.63, 3.8) is 0 Å². The van der Waals surface area contributed by atoms with Gasteiger partial charge in [-0.25, -0.2) is 0 Å². The number of likely N-dealkylation sites (tertiary alicyclic amines) is 1. The van der Waals surface area contributed by atoms with Crippen LogP contribution in [0.5, 0.6) is 5.75 Å². The molecular weight excluding hydrogens is 278 g/mol. The van der Waals surface area contributed by atoms with Gasteiger partial charge < -0.3 is 14.4 Å². The number of ether oxygens (including phenoxy) is 2. The fourth-order valence-electron chi connectivity index (χ4n) is 5.89. The number of nitrogens with zero attached hydrogens (tertiary/aromatic N) is 1. The summed E-state index contributed by atoms with van der Waals surface area (Å²) in [5.74, 6) is 1.17. The van der Waals surface area contributed by atoms with Crippen molar-refractivity contribution in [2.45, 2.75) is 48.8 Å². The molecule has 2 aliphatic heterocycles. The molecule has 1 saturated heterocycles. The highest BCUT2D eigenvalue weighted by atomic mass is 16.5. The zero-order valence-electron chi connectivity index (χ0n) is 13.1. The molecule has 0 N–H and O–H groups in total. The van der Waals surface area contributed by atoms with Crippen LogP contribution in [0.4, 0.5) is 0 Å². The van der Waals surface area contributed by atoms with E-state index in [1.807, 2.05) is 13.2 Å². The van der Waals surface area contributed by atoms with Crippen molar-refractivity contribution >= 4 is 5.78 Å². The van der Waals surface area contributed by atoms with Crippen molar-refractivity contribution in [2.24, 2.45) is 0 Å². The molecule has 5 rings (SSSR count). The van der Waals surface area contributed by atoms with Crippen LogP contribution in [-0.2, 0) is 21.4 Å². The molecule has 22 heavy (non-hydrogen) atoms. The number of ketones is 1. The zero-order valence-corrected chi connectivity index (χ0v) is 13.1. The van der Waals surface area contributed by atoms with E-state index in [9.17, 15) is 4.79 Å². The molecule has 0 aromatic heterocycles. The van der Waals surface area contributed by atoms with Crippen LogP contribution < -0.4 is 4.74 Å². The van der Waals surface area contributed by atoms with E-state index < -0.39 is 0 Å². The smallest absolute Gasteiger partial charge is 0.174 e. The Morgan fingerprint density at radius 1 is 1.36 bits per heavy atom. The lowest BCUT2D eigenvalue weighted by molar-refractivity contribution is -0.198. The minimum atomic E-state index is -0.353. The molecule has 1 aromatic rings. The summed E-state index contributed by atoms with van der Waals surface area (Å²) in [6.07, 6.45) is 2.95. The van der Waals surface area contributed by atoms with Crippen molar-refractivity contribution in [3.8, 4) is 5.75 Å². The van der Waals surface area contributed by atoms with Crippen LogP contribution in [0.25, 0.3) is 0 Å². The van der Waals surface area contributed by atoms with Gasteiger partial charge in [0.1, 0.15) is 5.75 Å². The number of piperidine rings is 1. The Labute approximate surface area is 130 Å². The molecule has 4 aliphatic rings. The zero-order chi connectivity index (χ0) is 15.1. The lowest BCUT2D eigenvalue weighted by atomic mass is 9.49. The molecule has 1 spiro atoms. The molecule has 2 bridgehead atoms. The Morgan fingerprint density at radius 2 is 2.23 bits per heavy atom. The van der Waals surface area contributed by atoms with Gasteiger partial charge in [-0.15, -0.1) is 0 Å². The van der Waals surface area contributed by atoms with Crippen LogP contribution in [0, 0.1) is 0 Å². The molecule has 4 atom stereocenters. The number of carbonyl (C=O) groups excluding carboxylic acids is 1. The Balaban J connectivity index is 1.87. The third kappa shape index (κ3) is 1.16. The summed E-state index contributed by atoms with van der Waals surface area (Å²) >= 11 is 0. The molecule has 116 valence electrons. The molecular formula is C18H21NO3. The lowest BCUT2D eigenvalue weighted by Crippen LogP contribution is -2.76. The van der Waals surface area contributed by atoms with E-state index in [1.165, 1.54) is 11.1 Å². The maximum absolute atomic E-state index is 12.7. The van der Waals surface area contributed by atoms with Crippen molar-refractivity contribution in [3.05, 3.63) is 29.3 Å². The van der Waals surface area contributed by atoms with E-state index in [-0.39, 0.29) is 22.9 Å². The number of Topliss-reactive ketones (excluding diaryl/α,β-unsaturated/α-hetero) is 1. The van der Waals surface area contributed by atoms with Gasteiger partial charge in [-0.05, 0) is 44.5 Å². The standard InChI is InChI=1S/C18H21NO3/c1-19-9-8-17-15-11-4-3-5-13(15)22-16(17)12(20)6-7-18(17,21-2)14(19)10-11/h3-5,14,16H,6-10H2,1-2H3/t14-,16+,17+,18-/m1/s1. The first-order valence-electron chi connectivity index (χ1n) is 8.21. The second kappa shape index (κ2) is 3.92. The van der Waals surface area contributed by atoms with Crippen LogP contribution in [0.2, 0.25) is 0 Å². The van der Waals surface area contributed by atoms with Crippen LogP contribution in [0.3, 0.4) is 0 Å². The SMILES string of the molecule is CO[C@@]12CCC(=O)[C@@H]3Oc4cccc5c4[C@@]31CCN(C)[C@@H]2C5. The Morgan fingerprint density at radius 3 is 3.05 bits per heavy atom. The number of hydrogen-bond acceptors (Lipinski definition) is 4. The minimum Gasteiger partial charge on any atom is -0.481 e. The maximum Gasteiger partial charge on any atom is 0.174 e. The molecule has 4 nitrogen and oxygen atoms in total. The van der Waals surface area contributed by atoms with E-state index in [2.05, 4.69) is 24.1 Å². The molecule has 2 heterocycles. The van der Waals surface area contributed by atoms with Crippen LogP contribution in [0.15, 0.2) is 18.2 Å². The number of rotatable bonds is 1. The Kier molecular flexibility index (Phi) is 2.33. The van der Waals surface area contributed by atoms with Gasteiger partial charge in [0.05, 0.1) is 11.0 Å². The normalized spacial score (nSPS) is 42.0. The molecule has 0 unspecified atom stereocenters. The fourth-order valence-corrected chi connectivity index (χ4v) is 5.89. The topological polar surface area (TPSA) is 38.8 Å². The first kappa shape index (κ1) is 13.1. The first-order chi connectivity index (χ1) is 10.6.